The smallest absolute Gasteiger partial charge is 0.303 e. The van der Waals surface area contributed by atoms with Gasteiger partial charge in [-0.05, 0) is 108 Å². The third kappa shape index (κ3) is 13.5. The molecule has 13 nitrogen and oxygen atoms in total. The van der Waals surface area contributed by atoms with E-state index in [0.29, 0.717) is 38.3 Å². The lowest BCUT2D eigenvalue weighted by Gasteiger charge is -2.39. The van der Waals surface area contributed by atoms with Crippen molar-refractivity contribution in [2.75, 3.05) is 19.8 Å². The molecule has 3 aliphatic heterocycles. The van der Waals surface area contributed by atoms with Crippen molar-refractivity contribution in [2.24, 2.45) is 16.8 Å². The monoisotopic (exact) mass is 752 g/mol. The molecule has 0 radical (unpaired) electrons. The number of aliphatic hydroxyl groups excluding tert-OH is 1. The fraction of sp³-hybridized carbons (Fsp3) is 0.610. The fourth-order valence-electron chi connectivity index (χ4n) is 6.76. The van der Waals surface area contributed by atoms with Crippen LogP contribution in [0.25, 0.3) is 0 Å². The Morgan fingerprint density at radius 1 is 1.09 bits per heavy atom. The third-order valence-electron chi connectivity index (χ3n) is 10.1. The summed E-state index contributed by atoms with van der Waals surface area (Å²) >= 11 is 0. The van der Waals surface area contributed by atoms with Crippen LogP contribution in [-0.2, 0) is 33.3 Å². The number of allylic oxidation sites excluding steroid dienone is 2. The number of esters is 1. The van der Waals surface area contributed by atoms with Gasteiger partial charge in [0.15, 0.2) is 0 Å². The number of unbranched alkanes of at least 4 members (excludes halogenated alkanes) is 2. The molecule has 1 spiro atoms. The molecule has 0 aromatic heterocycles. The molecular weight excluding hydrogens is 692 g/mol. The predicted molar refractivity (Wildman–Crippen MR) is 206 cm³/mol. The van der Waals surface area contributed by atoms with Gasteiger partial charge in [0, 0.05) is 19.4 Å². The van der Waals surface area contributed by atoms with Crippen LogP contribution in [0.4, 0.5) is 0 Å². The molecule has 5 N–H and O–H groups in total. The van der Waals surface area contributed by atoms with Gasteiger partial charge in [-0.3, -0.25) is 14.4 Å². The van der Waals surface area contributed by atoms with Crippen LogP contribution in [0.2, 0.25) is 0 Å². The maximum absolute atomic E-state index is 12.9. The number of nitrogens with one attached hydrogen (secondary N) is 2. The highest BCUT2D eigenvalue weighted by Crippen LogP contribution is 2.43. The molecule has 3 heterocycles. The lowest BCUT2D eigenvalue weighted by atomic mass is 9.87. The maximum atomic E-state index is 12.9. The van der Waals surface area contributed by atoms with E-state index >= 15 is 0 Å². The van der Waals surface area contributed by atoms with E-state index in [-0.39, 0.29) is 42.4 Å². The molecule has 13 heteroatoms. The number of carbonyl (C=O) groups excluding carboxylic acids is 3. The second kappa shape index (κ2) is 20.7. The summed E-state index contributed by atoms with van der Waals surface area (Å²) in [7, 11) is 0. The van der Waals surface area contributed by atoms with Crippen LogP contribution < -0.4 is 21.2 Å². The molecule has 9 atom stereocenters. The second-order valence-corrected chi connectivity index (χ2v) is 14.8. The fourth-order valence-corrected chi connectivity index (χ4v) is 6.76. The Morgan fingerprint density at radius 2 is 1.83 bits per heavy atom. The van der Waals surface area contributed by atoms with Crippen LogP contribution in [-0.4, -0.2) is 96.6 Å². The molecule has 3 saturated heterocycles. The van der Waals surface area contributed by atoms with Gasteiger partial charge in [-0.1, -0.05) is 30.7 Å². The number of rotatable bonds is 18. The van der Waals surface area contributed by atoms with E-state index < -0.39 is 36.0 Å². The van der Waals surface area contributed by atoms with Crippen molar-refractivity contribution in [1.82, 2.24) is 10.7 Å². The lowest BCUT2D eigenvalue weighted by molar-refractivity contribution is -0.145. The summed E-state index contributed by atoms with van der Waals surface area (Å²) < 4.78 is 29.0. The topological polar surface area (TPSA) is 183 Å². The Balaban J connectivity index is 1.24. The van der Waals surface area contributed by atoms with Crippen molar-refractivity contribution in [3.8, 4) is 5.75 Å². The van der Waals surface area contributed by atoms with Crippen molar-refractivity contribution in [1.29, 1.82) is 0 Å². The predicted octanol–water partition coefficient (Wildman–Crippen LogP) is 4.41. The van der Waals surface area contributed by atoms with E-state index in [2.05, 4.69) is 28.8 Å². The number of hydrogen-bond donors (Lipinski definition) is 4. The number of hydrogen-bond acceptors (Lipinski definition) is 11. The van der Waals surface area contributed by atoms with Crippen molar-refractivity contribution in [3.63, 3.8) is 0 Å². The first-order valence-electron chi connectivity index (χ1n) is 19.2. The minimum absolute atomic E-state index is 0.0279. The van der Waals surface area contributed by atoms with Gasteiger partial charge in [0.05, 0.1) is 49.7 Å². The van der Waals surface area contributed by atoms with E-state index in [1.807, 2.05) is 57.2 Å². The Hall–Kier alpha value is -3.88. The molecule has 3 fully saturated rings. The molecule has 54 heavy (non-hydrogen) atoms. The van der Waals surface area contributed by atoms with E-state index in [1.54, 1.807) is 13.0 Å². The van der Waals surface area contributed by atoms with E-state index in [9.17, 15) is 19.5 Å². The Labute approximate surface area is 319 Å². The molecule has 0 bridgehead atoms. The summed E-state index contributed by atoms with van der Waals surface area (Å²) in [5.74, 6) is 0.0319. The summed E-state index contributed by atoms with van der Waals surface area (Å²) in [6, 6.07) is 7.46. The number of amides is 2. The minimum Gasteiger partial charge on any atom is -0.494 e. The average Bonchev–Trinajstić information content (AvgIpc) is 3.91. The molecule has 298 valence electrons. The first-order valence-corrected chi connectivity index (χ1v) is 19.2. The van der Waals surface area contributed by atoms with Crippen LogP contribution in [0, 0.1) is 5.92 Å². The zero-order valence-corrected chi connectivity index (χ0v) is 32.6. The molecule has 0 saturated carbocycles. The largest absolute Gasteiger partial charge is 0.494 e. The van der Waals surface area contributed by atoms with Crippen LogP contribution >= 0.6 is 0 Å². The van der Waals surface area contributed by atoms with Crippen molar-refractivity contribution in [2.45, 2.75) is 135 Å². The number of benzene rings is 1. The zero-order chi connectivity index (χ0) is 39.3. The standard InChI is InChI=1S/C41H60N4O9/c1-26(10-17-36-27(2)22-35(30(5)53-36)43-38(47)19-12-28(3)52-31(6)46)11-18-37-40(49)41(25-51-41)24-34(54-37)23-39(48)45-44-29(4)32-13-15-33(16-14-32)50-21-9-7-8-20-42/h10-16,18-19,27-28,30,34-37,40,49H,7-9,17,20-25,42H2,1-6H3,(H,43,47)(H,45,48)/b18-11+,19-12-,26-10+,44-29+/t27-,28-,30+,34+,35+,36-,37+,40+,41+/m0/s1. The van der Waals surface area contributed by atoms with Gasteiger partial charge in [0.25, 0.3) is 0 Å². The minimum atomic E-state index is -0.853. The number of nitrogens with two attached hydrogens (primary N) is 1. The second-order valence-electron chi connectivity index (χ2n) is 14.8. The highest BCUT2D eigenvalue weighted by molar-refractivity contribution is 5.99. The molecule has 3 aliphatic rings. The van der Waals surface area contributed by atoms with E-state index in [4.69, 9.17) is 29.4 Å². The maximum Gasteiger partial charge on any atom is 0.303 e. The quantitative estimate of drug-likeness (QED) is 0.0319. The van der Waals surface area contributed by atoms with Gasteiger partial charge < -0.3 is 39.8 Å². The number of epoxide rings is 1. The van der Waals surface area contributed by atoms with Crippen molar-refractivity contribution in [3.05, 3.63) is 65.8 Å². The lowest BCUT2D eigenvalue weighted by Crippen LogP contribution is -2.50. The summed E-state index contributed by atoms with van der Waals surface area (Å²) in [5.41, 5.74) is 9.98. The van der Waals surface area contributed by atoms with E-state index in [0.717, 1.165) is 42.6 Å². The van der Waals surface area contributed by atoms with Crippen LogP contribution in [0.15, 0.2) is 65.3 Å². The van der Waals surface area contributed by atoms with Gasteiger partial charge in [-0.25, -0.2) is 5.43 Å². The normalized spacial score (nSPS) is 29.3. The first-order chi connectivity index (χ1) is 25.8. The number of nitrogens with zero attached hydrogens (tertiary/aromatic N) is 1. The summed E-state index contributed by atoms with van der Waals surface area (Å²) in [4.78, 5) is 36.5. The molecule has 1 aromatic carbocycles. The van der Waals surface area contributed by atoms with Gasteiger partial charge in [-0.2, -0.15) is 5.10 Å². The van der Waals surface area contributed by atoms with E-state index in [1.165, 1.54) is 13.0 Å². The number of hydrazone groups is 1. The molecule has 0 aliphatic carbocycles. The summed E-state index contributed by atoms with van der Waals surface area (Å²) in [6.07, 6.45) is 11.1. The molecule has 0 unspecified atom stereocenters. The van der Waals surface area contributed by atoms with Gasteiger partial charge in [-0.15, -0.1) is 0 Å². The van der Waals surface area contributed by atoms with Crippen molar-refractivity contribution < 1.29 is 43.2 Å². The summed E-state index contributed by atoms with van der Waals surface area (Å²) in [6.45, 7) is 12.6. The Bertz CT molecular complexity index is 1520. The van der Waals surface area contributed by atoms with Crippen LogP contribution in [0.3, 0.4) is 0 Å². The Morgan fingerprint density at radius 3 is 2.52 bits per heavy atom. The number of carbonyl (C=O) groups is 3. The average molecular weight is 753 g/mol. The van der Waals surface area contributed by atoms with Crippen LogP contribution in [0.5, 0.6) is 5.75 Å². The molecular formula is C41H60N4O9. The Kier molecular flexibility index (Phi) is 16.4. The van der Waals surface area contributed by atoms with Crippen LogP contribution in [0.1, 0.15) is 92.1 Å². The summed E-state index contributed by atoms with van der Waals surface area (Å²) in [5, 5.41) is 18.4. The SMILES string of the molecule is CC(=O)O[C@@H](C)/C=C\C(=O)N[C@@H]1C[C@H](C)[C@H](C/C=C(C)/C=C/[C@H]2O[C@H](CC(=O)N/N=C(\C)c3ccc(OCCCCCN)cc3)C[C@@]3(CO3)[C@@H]2O)O[C@@H]1C. The van der Waals surface area contributed by atoms with Gasteiger partial charge >= 0.3 is 5.97 Å². The molecule has 1 aromatic rings. The highest BCUT2D eigenvalue weighted by atomic mass is 16.6. The third-order valence-corrected chi connectivity index (χ3v) is 10.1. The first kappa shape index (κ1) is 42.9. The number of ether oxygens (including phenoxy) is 5. The molecule has 2 amide bonds. The number of aliphatic hydroxyl groups is 1. The van der Waals surface area contributed by atoms with Gasteiger partial charge in [0.2, 0.25) is 11.8 Å². The zero-order valence-electron chi connectivity index (χ0n) is 32.6. The van der Waals surface area contributed by atoms with Gasteiger partial charge in [0.1, 0.15) is 29.7 Å². The highest BCUT2D eigenvalue weighted by Gasteiger charge is 2.58. The van der Waals surface area contributed by atoms with Crippen molar-refractivity contribution >= 4 is 23.5 Å². The molecule has 4 rings (SSSR count).